The van der Waals surface area contributed by atoms with Crippen LogP contribution in [-0.4, -0.2) is 61.5 Å². The molecule has 0 spiro atoms. The van der Waals surface area contributed by atoms with Crippen LogP contribution < -0.4 is 5.32 Å². The van der Waals surface area contributed by atoms with Crippen LogP contribution in [0.3, 0.4) is 0 Å². The van der Waals surface area contributed by atoms with Gasteiger partial charge in [-0.25, -0.2) is 0 Å². The van der Waals surface area contributed by atoms with E-state index in [1.54, 1.807) is 0 Å². The van der Waals surface area contributed by atoms with Gasteiger partial charge >= 0.3 is 0 Å². The zero-order valence-electron chi connectivity index (χ0n) is 25.7. The predicted molar refractivity (Wildman–Crippen MR) is 158 cm³/mol. The highest BCUT2D eigenvalue weighted by molar-refractivity contribution is 5.12. The largest absolute Gasteiger partial charge is 0.393 e. The van der Waals surface area contributed by atoms with Gasteiger partial charge in [0.05, 0.1) is 19.3 Å². The van der Waals surface area contributed by atoms with Crippen molar-refractivity contribution >= 4 is 0 Å². The fourth-order valence-electron chi connectivity index (χ4n) is 11.0. The summed E-state index contributed by atoms with van der Waals surface area (Å²) in [4.78, 5) is 2.57. The number of hydrogen-bond acceptors (Lipinski definition) is 4. The number of hydrogen-bond donors (Lipinski definition) is 2. The molecule has 0 aromatic rings. The molecule has 5 fully saturated rings. The number of rotatable bonds is 10. The highest BCUT2D eigenvalue weighted by Crippen LogP contribution is 2.68. The van der Waals surface area contributed by atoms with E-state index in [1.807, 2.05) is 0 Å². The molecule has 2 N–H and O–H groups in total. The van der Waals surface area contributed by atoms with Crippen LogP contribution in [0.5, 0.6) is 0 Å². The third kappa shape index (κ3) is 5.90. The minimum absolute atomic E-state index is 0.0846. The van der Waals surface area contributed by atoms with E-state index < -0.39 is 0 Å². The van der Waals surface area contributed by atoms with Crippen molar-refractivity contribution in [3.63, 3.8) is 0 Å². The van der Waals surface area contributed by atoms with E-state index in [2.05, 4.69) is 44.8 Å². The van der Waals surface area contributed by atoms with E-state index in [1.165, 1.54) is 70.8 Å². The average Bonchev–Trinajstić information content (AvgIpc) is 3.25. The Morgan fingerprint density at radius 3 is 2.37 bits per heavy atom. The molecule has 0 bridgehead atoms. The summed E-state index contributed by atoms with van der Waals surface area (Å²) in [6, 6.07) is 0.589. The molecule has 5 rings (SSSR count). The summed E-state index contributed by atoms with van der Waals surface area (Å²) in [5.41, 5.74) is 0.961. The lowest BCUT2D eigenvalue weighted by atomic mass is 9.43. The number of aliphatic hydroxyl groups excluding tert-OH is 1. The Labute approximate surface area is 235 Å². The molecular formula is C34H62N2O2. The van der Waals surface area contributed by atoms with E-state index in [0.717, 1.165) is 81.2 Å². The maximum Gasteiger partial charge on any atom is 0.0594 e. The SMILES string of the molecule is CC(C)CCC[C@@H](C)C1CCC2C3CC(NCCCN4CCOCC4)C4CC(O)CCC4(C)C3CCC21C. The molecule has 10 atom stereocenters. The number of fused-ring (bicyclic) bond motifs is 5. The number of nitrogens with zero attached hydrogens (tertiary/aromatic N) is 1. The van der Waals surface area contributed by atoms with Gasteiger partial charge < -0.3 is 15.2 Å². The molecular weight excluding hydrogens is 468 g/mol. The monoisotopic (exact) mass is 530 g/mol. The molecule has 0 aromatic heterocycles. The second kappa shape index (κ2) is 12.4. The predicted octanol–water partition coefficient (Wildman–Crippen LogP) is 6.76. The topological polar surface area (TPSA) is 44.7 Å². The van der Waals surface area contributed by atoms with Crippen molar-refractivity contribution < 1.29 is 9.84 Å². The van der Waals surface area contributed by atoms with E-state index in [-0.39, 0.29) is 6.10 Å². The van der Waals surface area contributed by atoms with Gasteiger partial charge in [-0.2, -0.15) is 0 Å². The van der Waals surface area contributed by atoms with E-state index in [4.69, 9.17) is 4.74 Å². The first kappa shape index (κ1) is 29.3. The summed E-state index contributed by atoms with van der Waals surface area (Å²) in [5, 5.41) is 14.9. The molecule has 4 saturated carbocycles. The molecule has 38 heavy (non-hydrogen) atoms. The Bertz CT molecular complexity index is 753. The van der Waals surface area contributed by atoms with Crippen LogP contribution in [0.2, 0.25) is 0 Å². The summed E-state index contributed by atoms with van der Waals surface area (Å²) in [6.45, 7) is 19.1. The van der Waals surface area contributed by atoms with Crippen LogP contribution in [0.15, 0.2) is 0 Å². The van der Waals surface area contributed by atoms with Crippen LogP contribution in [0.4, 0.5) is 0 Å². The van der Waals surface area contributed by atoms with Crippen LogP contribution >= 0.6 is 0 Å². The van der Waals surface area contributed by atoms with Gasteiger partial charge in [0.2, 0.25) is 0 Å². The molecule has 5 aliphatic rings. The van der Waals surface area contributed by atoms with Gasteiger partial charge in [0.1, 0.15) is 0 Å². The minimum Gasteiger partial charge on any atom is -0.393 e. The molecule has 220 valence electrons. The van der Waals surface area contributed by atoms with Gasteiger partial charge in [0.15, 0.2) is 0 Å². The standard InChI is InChI=1S/C34H62N2O2/c1-24(2)8-6-9-25(3)28-10-11-29-27-23-32(35-16-7-17-36-18-20-38-21-19-36)31-22-26(37)12-14-34(31,5)30(27)13-15-33(28,29)4/h24-32,35,37H,6-23H2,1-5H3/t25-,26?,27?,28?,29?,30?,31?,32?,33?,34?/m1/s1. The Hall–Kier alpha value is -0.160. The van der Waals surface area contributed by atoms with Crippen LogP contribution in [0.25, 0.3) is 0 Å². The quantitative estimate of drug-likeness (QED) is 0.306. The first-order chi connectivity index (χ1) is 18.2. The molecule has 4 heteroatoms. The fourth-order valence-corrected chi connectivity index (χ4v) is 11.0. The van der Waals surface area contributed by atoms with Crippen molar-refractivity contribution in [3.8, 4) is 0 Å². The summed E-state index contributed by atoms with van der Waals surface area (Å²) >= 11 is 0. The fraction of sp³-hybridized carbons (Fsp3) is 1.00. The Morgan fingerprint density at radius 1 is 0.868 bits per heavy atom. The lowest BCUT2D eigenvalue weighted by Crippen LogP contribution is -2.61. The van der Waals surface area contributed by atoms with Crippen molar-refractivity contribution in [2.45, 2.75) is 124 Å². The van der Waals surface area contributed by atoms with Gasteiger partial charge in [-0.1, -0.05) is 53.9 Å². The normalized spacial score (nSPS) is 44.4. The minimum atomic E-state index is -0.0846. The van der Waals surface area contributed by atoms with Crippen molar-refractivity contribution in [1.82, 2.24) is 10.2 Å². The van der Waals surface area contributed by atoms with Gasteiger partial charge in [-0.05, 0) is 123 Å². The molecule has 0 amide bonds. The lowest BCUT2D eigenvalue weighted by Gasteiger charge is -2.63. The van der Waals surface area contributed by atoms with Crippen LogP contribution in [-0.2, 0) is 4.74 Å². The smallest absolute Gasteiger partial charge is 0.0594 e. The third-order valence-electron chi connectivity index (χ3n) is 13.0. The average molecular weight is 531 g/mol. The molecule has 9 unspecified atom stereocenters. The van der Waals surface area contributed by atoms with E-state index in [0.29, 0.717) is 22.8 Å². The third-order valence-corrected chi connectivity index (χ3v) is 13.0. The van der Waals surface area contributed by atoms with E-state index in [9.17, 15) is 5.11 Å². The Morgan fingerprint density at radius 2 is 1.61 bits per heavy atom. The van der Waals surface area contributed by atoms with Crippen LogP contribution in [0.1, 0.15) is 112 Å². The Balaban J connectivity index is 1.26. The summed E-state index contributed by atoms with van der Waals surface area (Å²) in [7, 11) is 0. The van der Waals surface area contributed by atoms with Gasteiger partial charge in [0, 0.05) is 19.1 Å². The highest BCUT2D eigenvalue weighted by Gasteiger charge is 2.62. The maximum atomic E-state index is 10.8. The number of nitrogens with one attached hydrogen (secondary N) is 1. The molecule has 4 aliphatic carbocycles. The summed E-state index contributed by atoms with van der Waals surface area (Å²) < 4.78 is 5.54. The van der Waals surface area contributed by atoms with Crippen LogP contribution in [0, 0.1) is 52.3 Å². The second-order valence-electron chi connectivity index (χ2n) is 15.6. The second-order valence-corrected chi connectivity index (χ2v) is 15.6. The summed E-state index contributed by atoms with van der Waals surface area (Å²) in [5.74, 6) is 5.97. The Kier molecular flexibility index (Phi) is 9.55. The van der Waals surface area contributed by atoms with Gasteiger partial charge in [-0.3, -0.25) is 4.90 Å². The number of morpholine rings is 1. The zero-order chi connectivity index (χ0) is 26.9. The number of aliphatic hydroxyl groups is 1. The maximum absolute atomic E-state index is 10.8. The molecule has 1 saturated heterocycles. The van der Waals surface area contributed by atoms with Crippen molar-refractivity contribution in [3.05, 3.63) is 0 Å². The molecule has 1 heterocycles. The zero-order valence-corrected chi connectivity index (χ0v) is 25.7. The lowest BCUT2D eigenvalue weighted by molar-refractivity contribution is -0.141. The molecule has 0 aromatic carbocycles. The van der Waals surface area contributed by atoms with Crippen molar-refractivity contribution in [2.24, 2.45) is 52.3 Å². The van der Waals surface area contributed by atoms with Gasteiger partial charge in [-0.15, -0.1) is 0 Å². The molecule has 0 radical (unpaired) electrons. The van der Waals surface area contributed by atoms with E-state index >= 15 is 0 Å². The highest BCUT2D eigenvalue weighted by atomic mass is 16.5. The first-order valence-corrected chi connectivity index (χ1v) is 16.9. The van der Waals surface area contributed by atoms with Crippen molar-refractivity contribution in [2.75, 3.05) is 39.4 Å². The molecule has 4 nitrogen and oxygen atoms in total. The van der Waals surface area contributed by atoms with Crippen molar-refractivity contribution in [1.29, 1.82) is 0 Å². The number of ether oxygens (including phenoxy) is 1. The van der Waals surface area contributed by atoms with Gasteiger partial charge in [0.25, 0.3) is 0 Å². The first-order valence-electron chi connectivity index (χ1n) is 16.9. The summed E-state index contributed by atoms with van der Waals surface area (Å²) in [6.07, 6.45) is 15.9. The molecule has 1 aliphatic heterocycles.